The minimum absolute atomic E-state index is 0.570. The fourth-order valence-electron chi connectivity index (χ4n) is 1.99. The number of nitrogens with one attached hydrogen (secondary N) is 1. The summed E-state index contributed by atoms with van der Waals surface area (Å²) >= 11 is 0. The van der Waals surface area contributed by atoms with E-state index >= 15 is 0 Å². The minimum atomic E-state index is -0.708. The van der Waals surface area contributed by atoms with Crippen molar-refractivity contribution in [2.24, 2.45) is 0 Å². The van der Waals surface area contributed by atoms with E-state index < -0.39 is 5.60 Å². The molecule has 98 valence electrons. The number of hydrogen-bond acceptors (Lipinski definition) is 4. The van der Waals surface area contributed by atoms with Gasteiger partial charge in [-0.25, -0.2) is 0 Å². The molecule has 0 saturated heterocycles. The first-order chi connectivity index (χ1) is 7.94. The van der Waals surface area contributed by atoms with Gasteiger partial charge in [0.1, 0.15) is 0 Å². The summed E-state index contributed by atoms with van der Waals surface area (Å²) in [4.78, 5) is 1.98. The van der Waals surface area contributed by atoms with Gasteiger partial charge in [-0.05, 0) is 34.0 Å². The van der Waals surface area contributed by atoms with E-state index in [9.17, 15) is 5.11 Å². The molecule has 1 aromatic rings. The van der Waals surface area contributed by atoms with Gasteiger partial charge in [0.25, 0.3) is 0 Å². The van der Waals surface area contributed by atoms with Gasteiger partial charge in [0.15, 0.2) is 0 Å². The molecule has 0 aliphatic rings. The Kier molecular flexibility index (Phi) is 5.11. The second-order valence-corrected chi connectivity index (χ2v) is 4.98. The molecule has 0 spiro atoms. The molecule has 0 saturated carbocycles. The lowest BCUT2D eigenvalue weighted by atomic mass is 10.1. The molecule has 0 aromatic carbocycles. The molecule has 0 fully saturated rings. The van der Waals surface area contributed by atoms with Crippen LogP contribution in [0.15, 0.2) is 12.3 Å². The smallest absolute Gasteiger partial charge is 0.0869 e. The second-order valence-electron chi connectivity index (χ2n) is 4.98. The molecule has 5 heteroatoms. The lowest BCUT2D eigenvalue weighted by Gasteiger charge is -2.27. The molecule has 1 aromatic heterocycles. The highest BCUT2D eigenvalue weighted by Crippen LogP contribution is 2.04. The molecule has 0 bridgehead atoms. The first kappa shape index (κ1) is 14.2. The van der Waals surface area contributed by atoms with E-state index in [-0.39, 0.29) is 0 Å². The maximum atomic E-state index is 10.1. The fourth-order valence-corrected chi connectivity index (χ4v) is 1.99. The zero-order valence-corrected chi connectivity index (χ0v) is 11.3. The average Bonchev–Trinajstić information content (AvgIpc) is 2.62. The van der Waals surface area contributed by atoms with Gasteiger partial charge in [-0.15, -0.1) is 0 Å². The van der Waals surface area contributed by atoms with Crippen molar-refractivity contribution in [3.8, 4) is 0 Å². The van der Waals surface area contributed by atoms with Gasteiger partial charge in [-0.1, -0.05) is 0 Å². The Hall–Kier alpha value is -0.910. The summed E-state index contributed by atoms with van der Waals surface area (Å²) in [6.45, 7) is 6.73. The van der Waals surface area contributed by atoms with Crippen molar-refractivity contribution in [3.05, 3.63) is 18.0 Å². The van der Waals surface area contributed by atoms with Crippen molar-refractivity contribution >= 4 is 0 Å². The highest BCUT2D eigenvalue weighted by atomic mass is 16.3. The Bertz CT molecular complexity index is 333. The van der Waals surface area contributed by atoms with Crippen LogP contribution in [-0.2, 0) is 13.1 Å². The molecular formula is C12H24N4O. The average molecular weight is 240 g/mol. The summed E-state index contributed by atoms with van der Waals surface area (Å²) in [5.41, 5.74) is 0.439. The van der Waals surface area contributed by atoms with Crippen LogP contribution in [0.5, 0.6) is 0 Å². The Morgan fingerprint density at radius 3 is 2.82 bits per heavy atom. The van der Waals surface area contributed by atoms with Crippen LogP contribution < -0.4 is 5.32 Å². The van der Waals surface area contributed by atoms with Crippen molar-refractivity contribution in [3.63, 3.8) is 0 Å². The van der Waals surface area contributed by atoms with Crippen LogP contribution >= 0.6 is 0 Å². The topological polar surface area (TPSA) is 53.3 Å². The summed E-state index contributed by atoms with van der Waals surface area (Å²) in [6, 6.07) is 2.00. The molecule has 0 radical (unpaired) electrons. The van der Waals surface area contributed by atoms with Crippen LogP contribution in [0.1, 0.15) is 19.5 Å². The van der Waals surface area contributed by atoms with E-state index in [1.165, 1.54) is 0 Å². The van der Waals surface area contributed by atoms with Crippen molar-refractivity contribution in [2.45, 2.75) is 32.5 Å². The van der Waals surface area contributed by atoms with E-state index in [4.69, 9.17) is 0 Å². The lowest BCUT2D eigenvalue weighted by molar-refractivity contribution is 0.0334. The van der Waals surface area contributed by atoms with E-state index in [0.29, 0.717) is 13.1 Å². The number of hydrogen-bond donors (Lipinski definition) is 2. The van der Waals surface area contributed by atoms with Crippen LogP contribution in [0, 0.1) is 0 Å². The summed E-state index contributed by atoms with van der Waals surface area (Å²) in [5.74, 6) is 0. The maximum absolute atomic E-state index is 10.1. The predicted octanol–water partition coefficient (Wildman–Crippen LogP) is 0.305. The quantitative estimate of drug-likeness (QED) is 0.720. The molecule has 0 aliphatic heterocycles. The van der Waals surface area contributed by atoms with Crippen LogP contribution in [0.2, 0.25) is 0 Å². The summed E-state index contributed by atoms with van der Waals surface area (Å²) in [5, 5.41) is 17.6. The van der Waals surface area contributed by atoms with E-state index in [2.05, 4.69) is 17.3 Å². The summed E-state index contributed by atoms with van der Waals surface area (Å²) in [6.07, 6.45) is 1.80. The predicted molar refractivity (Wildman–Crippen MR) is 68.8 cm³/mol. The molecule has 1 unspecified atom stereocenters. The number of aliphatic hydroxyl groups is 1. The van der Waals surface area contributed by atoms with Gasteiger partial charge in [0.05, 0.1) is 11.3 Å². The van der Waals surface area contributed by atoms with Crippen LogP contribution in [0.3, 0.4) is 0 Å². The first-order valence-electron chi connectivity index (χ1n) is 6.03. The molecule has 1 heterocycles. The molecule has 0 amide bonds. The molecule has 0 aliphatic carbocycles. The van der Waals surface area contributed by atoms with Crippen molar-refractivity contribution in [2.75, 3.05) is 27.2 Å². The van der Waals surface area contributed by atoms with Crippen molar-refractivity contribution in [1.82, 2.24) is 20.0 Å². The first-order valence-corrected chi connectivity index (χ1v) is 6.03. The monoisotopic (exact) mass is 240 g/mol. The highest BCUT2D eigenvalue weighted by Gasteiger charge is 2.20. The number of aromatic nitrogens is 2. The Labute approximate surface area is 103 Å². The fraction of sp³-hybridized carbons (Fsp3) is 0.750. The molecule has 1 rings (SSSR count). The number of nitrogens with zero attached hydrogens (tertiary/aromatic N) is 3. The van der Waals surface area contributed by atoms with Gasteiger partial charge < -0.3 is 15.3 Å². The molecular weight excluding hydrogens is 216 g/mol. The highest BCUT2D eigenvalue weighted by molar-refractivity contribution is 5.00. The van der Waals surface area contributed by atoms with E-state index in [1.807, 2.05) is 36.7 Å². The number of aryl methyl sites for hydroxylation is 1. The molecule has 1 atom stereocenters. The van der Waals surface area contributed by atoms with Gasteiger partial charge >= 0.3 is 0 Å². The third kappa shape index (κ3) is 4.85. The Balaban J connectivity index is 2.37. The molecule has 2 N–H and O–H groups in total. The Morgan fingerprint density at radius 2 is 2.24 bits per heavy atom. The number of rotatable bonds is 7. The van der Waals surface area contributed by atoms with Crippen molar-refractivity contribution in [1.29, 1.82) is 0 Å². The summed E-state index contributed by atoms with van der Waals surface area (Å²) in [7, 11) is 3.92. The van der Waals surface area contributed by atoms with Crippen molar-refractivity contribution < 1.29 is 5.11 Å². The summed E-state index contributed by atoms with van der Waals surface area (Å²) < 4.78 is 1.95. The maximum Gasteiger partial charge on any atom is 0.0869 e. The van der Waals surface area contributed by atoms with Crippen LogP contribution in [0.25, 0.3) is 0 Å². The van der Waals surface area contributed by atoms with E-state index in [0.717, 1.165) is 18.8 Å². The molecule has 17 heavy (non-hydrogen) atoms. The second kappa shape index (κ2) is 6.14. The van der Waals surface area contributed by atoms with Gasteiger partial charge in [0, 0.05) is 32.4 Å². The van der Waals surface area contributed by atoms with Gasteiger partial charge in [-0.3, -0.25) is 4.68 Å². The van der Waals surface area contributed by atoms with Crippen LogP contribution in [0.4, 0.5) is 0 Å². The Morgan fingerprint density at radius 1 is 1.53 bits per heavy atom. The number of likely N-dealkylation sites (N-methyl/N-ethyl adjacent to an activating group) is 1. The van der Waals surface area contributed by atoms with Crippen LogP contribution in [-0.4, -0.2) is 52.6 Å². The third-order valence-electron chi connectivity index (χ3n) is 2.57. The molecule has 5 nitrogen and oxygen atoms in total. The lowest BCUT2D eigenvalue weighted by Crippen LogP contribution is -2.45. The van der Waals surface area contributed by atoms with Gasteiger partial charge in [-0.2, -0.15) is 5.10 Å². The minimum Gasteiger partial charge on any atom is -0.388 e. The third-order valence-corrected chi connectivity index (χ3v) is 2.57. The van der Waals surface area contributed by atoms with E-state index in [1.54, 1.807) is 6.20 Å². The SMILES string of the molecule is CCn1nccc1CNCC(C)(O)CN(C)C. The standard InChI is InChI=1S/C12H24N4O/c1-5-16-11(6-7-14-16)8-13-9-12(2,17)10-15(3)4/h6-7,13,17H,5,8-10H2,1-4H3. The zero-order chi connectivity index (χ0) is 12.9. The van der Waals surface area contributed by atoms with Gasteiger partial charge in [0.2, 0.25) is 0 Å². The zero-order valence-electron chi connectivity index (χ0n) is 11.3. The normalized spacial score (nSPS) is 15.2. The largest absolute Gasteiger partial charge is 0.388 e.